The van der Waals surface area contributed by atoms with Crippen molar-refractivity contribution in [3.8, 4) is 0 Å². The molecule has 4 unspecified atom stereocenters. The molecule has 2 aliphatic carbocycles. The van der Waals surface area contributed by atoms with Crippen molar-refractivity contribution in [3.63, 3.8) is 0 Å². The summed E-state index contributed by atoms with van der Waals surface area (Å²) in [7, 11) is 0. The monoisotopic (exact) mass is 386 g/mol. The highest BCUT2D eigenvalue weighted by Gasteiger charge is 2.55. The number of urea groups is 1. The van der Waals surface area contributed by atoms with Gasteiger partial charge in [-0.15, -0.1) is 12.4 Å². The van der Waals surface area contributed by atoms with Gasteiger partial charge in [-0.25, -0.2) is 4.79 Å². The number of carbonyl (C=O) groups excluding carboxylic acids is 3. The van der Waals surface area contributed by atoms with E-state index in [0.717, 1.165) is 49.8 Å². The van der Waals surface area contributed by atoms with Crippen molar-refractivity contribution >= 4 is 30.3 Å². The molecule has 4 atom stereocenters. The van der Waals surface area contributed by atoms with Gasteiger partial charge in [0, 0.05) is 6.04 Å². The van der Waals surface area contributed by atoms with Gasteiger partial charge in [-0.2, -0.15) is 0 Å². The van der Waals surface area contributed by atoms with Gasteiger partial charge in [-0.3, -0.25) is 14.5 Å². The predicted octanol–water partition coefficient (Wildman–Crippen LogP) is 1.54. The van der Waals surface area contributed by atoms with Gasteiger partial charge in [0.25, 0.3) is 5.91 Å². The summed E-state index contributed by atoms with van der Waals surface area (Å²) in [5.41, 5.74) is 5.00. The van der Waals surface area contributed by atoms with Crippen molar-refractivity contribution in [2.24, 2.45) is 17.6 Å². The Hall–Kier alpha value is -1.34. The Bertz CT molecular complexity index is 559. The van der Waals surface area contributed by atoms with Crippen LogP contribution in [0.1, 0.15) is 58.3 Å². The molecule has 2 saturated carbocycles. The first-order valence-corrected chi connectivity index (χ1v) is 9.61. The summed E-state index contributed by atoms with van der Waals surface area (Å²) in [6.07, 6.45) is 7.74. The normalized spacial score (nSPS) is 34.4. The van der Waals surface area contributed by atoms with Crippen LogP contribution in [0.5, 0.6) is 0 Å². The van der Waals surface area contributed by atoms with Gasteiger partial charge in [0.2, 0.25) is 5.91 Å². The number of nitrogens with two attached hydrogens (primary N) is 1. The molecule has 3 fully saturated rings. The van der Waals surface area contributed by atoms with Gasteiger partial charge in [-0.05, 0) is 44.1 Å². The van der Waals surface area contributed by atoms with Crippen molar-refractivity contribution < 1.29 is 14.4 Å². The zero-order chi connectivity index (χ0) is 18.0. The van der Waals surface area contributed by atoms with E-state index in [0.29, 0.717) is 13.0 Å². The molecule has 0 aromatic carbocycles. The van der Waals surface area contributed by atoms with E-state index >= 15 is 0 Å². The molecule has 148 valence electrons. The third-order valence-corrected chi connectivity index (χ3v) is 6.36. The quantitative estimate of drug-likeness (QED) is 0.637. The Labute approximate surface area is 161 Å². The van der Waals surface area contributed by atoms with E-state index in [1.54, 1.807) is 0 Å². The number of hydrogen-bond donors (Lipinski definition) is 3. The van der Waals surface area contributed by atoms with Crippen LogP contribution in [0.4, 0.5) is 4.79 Å². The lowest BCUT2D eigenvalue weighted by molar-refractivity contribution is -0.137. The van der Waals surface area contributed by atoms with Gasteiger partial charge in [0.1, 0.15) is 12.1 Å². The standard InChI is InChI=1S/C18H30N4O3.ClH/c1-12-6-4-5-9-18(12)16(24)22(17(25)21-18)11-15(23)20-14-8-3-2-7-13(14)10-19;/h12-14H,2-11,19H2,1H3,(H,20,23)(H,21,25);1H. The first kappa shape index (κ1) is 21.0. The molecule has 1 aliphatic heterocycles. The summed E-state index contributed by atoms with van der Waals surface area (Å²) >= 11 is 0. The maximum atomic E-state index is 12.9. The van der Waals surface area contributed by atoms with Gasteiger partial charge < -0.3 is 16.4 Å². The van der Waals surface area contributed by atoms with Crippen LogP contribution in [-0.2, 0) is 9.59 Å². The molecule has 8 heteroatoms. The second kappa shape index (κ2) is 8.57. The average molecular weight is 387 g/mol. The van der Waals surface area contributed by atoms with Crippen LogP contribution in [0.15, 0.2) is 0 Å². The molecule has 1 saturated heterocycles. The van der Waals surface area contributed by atoms with E-state index < -0.39 is 11.6 Å². The molecule has 1 spiro atoms. The third-order valence-electron chi connectivity index (χ3n) is 6.36. The predicted molar refractivity (Wildman–Crippen MR) is 101 cm³/mol. The highest BCUT2D eigenvalue weighted by molar-refractivity contribution is 6.09. The van der Waals surface area contributed by atoms with Gasteiger partial charge in [0.15, 0.2) is 0 Å². The Morgan fingerprint density at radius 1 is 1.23 bits per heavy atom. The van der Waals surface area contributed by atoms with Gasteiger partial charge in [0.05, 0.1) is 0 Å². The number of rotatable bonds is 4. The SMILES string of the molecule is CC1CCCCC12NC(=O)N(CC(=O)NC1CCCCC1CN)C2=O.Cl. The van der Waals surface area contributed by atoms with Gasteiger partial charge >= 0.3 is 6.03 Å². The summed E-state index contributed by atoms with van der Waals surface area (Å²) < 4.78 is 0. The summed E-state index contributed by atoms with van der Waals surface area (Å²) in [4.78, 5) is 38.8. The number of imide groups is 1. The molecule has 7 nitrogen and oxygen atoms in total. The lowest BCUT2D eigenvalue weighted by atomic mass is 9.73. The fraction of sp³-hybridized carbons (Fsp3) is 0.833. The van der Waals surface area contributed by atoms with Crippen LogP contribution < -0.4 is 16.4 Å². The van der Waals surface area contributed by atoms with Gasteiger partial charge in [-0.1, -0.05) is 32.6 Å². The summed E-state index contributed by atoms with van der Waals surface area (Å²) in [5.74, 6) is -0.121. The summed E-state index contributed by atoms with van der Waals surface area (Å²) in [6, 6.07) is -0.387. The number of amides is 4. The van der Waals surface area contributed by atoms with E-state index in [-0.39, 0.29) is 48.6 Å². The minimum atomic E-state index is -0.805. The first-order chi connectivity index (χ1) is 12.0. The van der Waals surface area contributed by atoms with Crippen LogP contribution in [0.2, 0.25) is 0 Å². The molecule has 3 rings (SSSR count). The maximum Gasteiger partial charge on any atom is 0.325 e. The largest absolute Gasteiger partial charge is 0.351 e. The number of nitrogens with one attached hydrogen (secondary N) is 2. The number of hydrogen-bond acceptors (Lipinski definition) is 4. The summed E-state index contributed by atoms with van der Waals surface area (Å²) in [5, 5.41) is 5.88. The molecular weight excluding hydrogens is 356 g/mol. The molecule has 1 heterocycles. The first-order valence-electron chi connectivity index (χ1n) is 9.61. The lowest BCUT2D eigenvalue weighted by Crippen LogP contribution is -2.54. The van der Waals surface area contributed by atoms with E-state index in [1.807, 2.05) is 6.92 Å². The number of nitrogens with zero attached hydrogens (tertiary/aromatic N) is 1. The summed E-state index contributed by atoms with van der Waals surface area (Å²) in [6.45, 7) is 2.36. The Kier molecular flexibility index (Phi) is 6.91. The maximum absolute atomic E-state index is 12.9. The second-order valence-electron chi connectivity index (χ2n) is 7.89. The van der Waals surface area contributed by atoms with Crippen LogP contribution in [0, 0.1) is 11.8 Å². The average Bonchev–Trinajstić information content (AvgIpc) is 2.83. The molecule has 0 aromatic heterocycles. The fourth-order valence-electron chi connectivity index (χ4n) is 4.71. The highest BCUT2D eigenvalue weighted by atomic mass is 35.5. The molecule has 0 aromatic rings. The highest BCUT2D eigenvalue weighted by Crippen LogP contribution is 2.38. The molecular formula is C18H31ClN4O3. The zero-order valence-corrected chi connectivity index (χ0v) is 16.3. The topological polar surface area (TPSA) is 105 Å². The smallest absolute Gasteiger partial charge is 0.325 e. The van der Waals surface area contributed by atoms with E-state index in [2.05, 4.69) is 10.6 Å². The molecule has 3 aliphatic rings. The van der Waals surface area contributed by atoms with E-state index in [1.165, 1.54) is 0 Å². The van der Waals surface area contributed by atoms with Crippen molar-refractivity contribution in [1.82, 2.24) is 15.5 Å². The molecule has 0 radical (unpaired) electrons. The lowest BCUT2D eigenvalue weighted by Gasteiger charge is -2.36. The van der Waals surface area contributed by atoms with Crippen molar-refractivity contribution in [2.75, 3.05) is 13.1 Å². The Morgan fingerprint density at radius 3 is 2.62 bits per heavy atom. The minimum Gasteiger partial charge on any atom is -0.351 e. The number of carbonyl (C=O) groups is 3. The molecule has 4 N–H and O–H groups in total. The Morgan fingerprint density at radius 2 is 1.92 bits per heavy atom. The number of halogens is 1. The fourth-order valence-corrected chi connectivity index (χ4v) is 4.71. The third kappa shape index (κ3) is 3.83. The minimum absolute atomic E-state index is 0. The molecule has 0 bridgehead atoms. The van der Waals surface area contributed by atoms with Crippen LogP contribution in [0.3, 0.4) is 0 Å². The van der Waals surface area contributed by atoms with Crippen LogP contribution in [-0.4, -0.2) is 47.4 Å². The zero-order valence-electron chi connectivity index (χ0n) is 15.5. The van der Waals surface area contributed by atoms with E-state index in [9.17, 15) is 14.4 Å². The Balaban J connectivity index is 0.00000243. The van der Waals surface area contributed by atoms with Crippen LogP contribution >= 0.6 is 12.4 Å². The van der Waals surface area contributed by atoms with Crippen molar-refractivity contribution in [1.29, 1.82) is 0 Å². The molecule has 26 heavy (non-hydrogen) atoms. The van der Waals surface area contributed by atoms with Crippen molar-refractivity contribution in [2.45, 2.75) is 69.9 Å². The second-order valence-corrected chi connectivity index (χ2v) is 7.89. The van der Waals surface area contributed by atoms with Crippen LogP contribution in [0.25, 0.3) is 0 Å². The van der Waals surface area contributed by atoms with Crippen molar-refractivity contribution in [3.05, 3.63) is 0 Å². The molecule has 4 amide bonds. The van der Waals surface area contributed by atoms with E-state index in [4.69, 9.17) is 5.73 Å².